The molecular formula is C16H19ClN2O. The van der Waals surface area contributed by atoms with E-state index < -0.39 is 6.10 Å². The van der Waals surface area contributed by atoms with Crippen LogP contribution >= 0.6 is 11.6 Å². The molecule has 1 saturated carbocycles. The van der Waals surface area contributed by atoms with Gasteiger partial charge in [0.15, 0.2) is 0 Å². The summed E-state index contributed by atoms with van der Waals surface area (Å²) in [7, 11) is 0. The Balaban J connectivity index is 1.68. The number of hydrogen-bond acceptors (Lipinski definition) is 2. The largest absolute Gasteiger partial charge is 0.388 e. The van der Waals surface area contributed by atoms with Crippen molar-refractivity contribution in [2.45, 2.75) is 44.2 Å². The Morgan fingerprint density at radius 1 is 1.30 bits per heavy atom. The van der Waals surface area contributed by atoms with E-state index in [0.717, 1.165) is 11.3 Å². The molecule has 0 radical (unpaired) electrons. The van der Waals surface area contributed by atoms with E-state index in [1.807, 2.05) is 30.5 Å². The first-order chi connectivity index (χ1) is 9.72. The zero-order chi connectivity index (χ0) is 13.9. The van der Waals surface area contributed by atoms with E-state index in [0.29, 0.717) is 17.5 Å². The number of rotatable bonds is 4. The lowest BCUT2D eigenvalue weighted by molar-refractivity contribution is 0.177. The second-order valence-corrected chi connectivity index (χ2v) is 5.94. The molecule has 0 amide bonds. The van der Waals surface area contributed by atoms with Gasteiger partial charge in [-0.1, -0.05) is 36.6 Å². The summed E-state index contributed by atoms with van der Waals surface area (Å²) in [5.74, 6) is 0. The van der Waals surface area contributed by atoms with E-state index in [1.165, 1.54) is 25.7 Å². The maximum absolute atomic E-state index is 10.3. The number of aliphatic hydroxyl groups excluding tert-OH is 1. The first-order valence-corrected chi connectivity index (χ1v) is 7.58. The highest BCUT2D eigenvalue weighted by molar-refractivity contribution is 6.30. The van der Waals surface area contributed by atoms with E-state index in [1.54, 1.807) is 6.07 Å². The van der Waals surface area contributed by atoms with E-state index in [-0.39, 0.29) is 0 Å². The van der Waals surface area contributed by atoms with Crippen LogP contribution in [0.1, 0.15) is 49.1 Å². The highest BCUT2D eigenvalue weighted by atomic mass is 35.5. The highest BCUT2D eigenvalue weighted by Gasteiger charge is 2.18. The van der Waals surface area contributed by atoms with Crippen molar-refractivity contribution < 1.29 is 5.11 Å². The normalized spacial score (nSPS) is 17.5. The van der Waals surface area contributed by atoms with E-state index in [9.17, 15) is 5.11 Å². The first kappa shape index (κ1) is 13.7. The molecular weight excluding hydrogens is 272 g/mol. The van der Waals surface area contributed by atoms with Gasteiger partial charge in [-0.05, 0) is 36.6 Å². The predicted molar refractivity (Wildman–Crippen MR) is 79.8 cm³/mol. The molecule has 3 rings (SSSR count). The summed E-state index contributed by atoms with van der Waals surface area (Å²) < 4.78 is 2.06. The van der Waals surface area contributed by atoms with Gasteiger partial charge in [0.1, 0.15) is 0 Å². The molecule has 0 saturated heterocycles. The van der Waals surface area contributed by atoms with Gasteiger partial charge in [0.2, 0.25) is 0 Å². The molecule has 1 heterocycles. The van der Waals surface area contributed by atoms with E-state index >= 15 is 0 Å². The molecule has 0 spiro atoms. The molecule has 1 aromatic carbocycles. The number of aromatic nitrogens is 2. The molecule has 2 aromatic rings. The molecule has 3 nitrogen and oxygen atoms in total. The Kier molecular flexibility index (Phi) is 4.08. The van der Waals surface area contributed by atoms with Crippen molar-refractivity contribution >= 4 is 11.6 Å². The zero-order valence-electron chi connectivity index (χ0n) is 11.4. The summed E-state index contributed by atoms with van der Waals surface area (Å²) >= 11 is 5.95. The van der Waals surface area contributed by atoms with Gasteiger partial charge in [0, 0.05) is 17.6 Å². The van der Waals surface area contributed by atoms with Crippen LogP contribution in [0.15, 0.2) is 36.5 Å². The third kappa shape index (κ3) is 3.05. The third-order valence-corrected chi connectivity index (χ3v) is 4.23. The van der Waals surface area contributed by atoms with Gasteiger partial charge in [-0.2, -0.15) is 5.10 Å². The fourth-order valence-electron chi connectivity index (χ4n) is 2.89. The van der Waals surface area contributed by atoms with Crippen molar-refractivity contribution in [1.29, 1.82) is 0 Å². The van der Waals surface area contributed by atoms with Crippen molar-refractivity contribution in [1.82, 2.24) is 9.78 Å². The van der Waals surface area contributed by atoms with Crippen LogP contribution in [0.25, 0.3) is 0 Å². The first-order valence-electron chi connectivity index (χ1n) is 7.20. The Labute approximate surface area is 124 Å². The molecule has 20 heavy (non-hydrogen) atoms. The monoisotopic (exact) mass is 290 g/mol. The highest BCUT2D eigenvalue weighted by Crippen LogP contribution is 2.29. The average molecular weight is 291 g/mol. The van der Waals surface area contributed by atoms with Gasteiger partial charge in [-0.3, -0.25) is 4.68 Å². The number of aliphatic hydroxyl groups is 1. The molecule has 4 heteroatoms. The lowest BCUT2D eigenvalue weighted by Crippen LogP contribution is -2.07. The van der Waals surface area contributed by atoms with Crippen LogP contribution in [-0.4, -0.2) is 14.9 Å². The lowest BCUT2D eigenvalue weighted by Gasteiger charge is -2.11. The summed E-state index contributed by atoms with van der Waals surface area (Å²) in [5, 5.41) is 15.5. The van der Waals surface area contributed by atoms with Crippen LogP contribution in [0.5, 0.6) is 0 Å². The molecule has 1 atom stereocenters. The topological polar surface area (TPSA) is 38.0 Å². The zero-order valence-corrected chi connectivity index (χ0v) is 12.1. The minimum atomic E-state index is -0.555. The van der Waals surface area contributed by atoms with Crippen LogP contribution < -0.4 is 0 Å². The fourth-order valence-corrected chi connectivity index (χ4v) is 3.09. The van der Waals surface area contributed by atoms with Crippen LogP contribution in [-0.2, 0) is 6.42 Å². The predicted octanol–water partition coefficient (Wildman–Crippen LogP) is 3.93. The molecule has 1 aromatic heterocycles. The maximum Gasteiger partial charge on any atom is 0.0846 e. The number of hydrogen-bond donors (Lipinski definition) is 1. The number of halogens is 1. The molecule has 1 fully saturated rings. The molecule has 106 valence electrons. The van der Waals surface area contributed by atoms with E-state index in [4.69, 9.17) is 11.6 Å². The minimum absolute atomic E-state index is 0.528. The van der Waals surface area contributed by atoms with Gasteiger partial charge in [-0.25, -0.2) is 0 Å². The summed E-state index contributed by atoms with van der Waals surface area (Å²) in [5.41, 5.74) is 1.78. The van der Waals surface area contributed by atoms with Gasteiger partial charge < -0.3 is 5.11 Å². The SMILES string of the molecule is OC(Cc1ccn(C2CCCC2)n1)c1cccc(Cl)c1. The number of benzene rings is 1. The standard InChI is InChI=1S/C16H19ClN2O/c17-13-5-3-4-12(10-13)16(20)11-14-8-9-19(18-14)15-6-1-2-7-15/h3-5,8-10,15-16,20H,1-2,6-7,11H2. The van der Waals surface area contributed by atoms with Gasteiger partial charge >= 0.3 is 0 Å². The van der Waals surface area contributed by atoms with Gasteiger partial charge in [0.05, 0.1) is 17.8 Å². The molecule has 1 aliphatic carbocycles. The van der Waals surface area contributed by atoms with Crippen molar-refractivity contribution in [2.75, 3.05) is 0 Å². The van der Waals surface area contributed by atoms with Gasteiger partial charge in [-0.15, -0.1) is 0 Å². The van der Waals surface area contributed by atoms with Crippen molar-refractivity contribution in [3.05, 3.63) is 52.8 Å². The molecule has 1 N–H and O–H groups in total. The Bertz CT molecular complexity index is 575. The Hall–Kier alpha value is -1.32. The molecule has 1 unspecified atom stereocenters. The maximum atomic E-state index is 10.3. The summed E-state index contributed by atoms with van der Waals surface area (Å²) in [4.78, 5) is 0. The second-order valence-electron chi connectivity index (χ2n) is 5.50. The fraction of sp³-hybridized carbons (Fsp3) is 0.438. The summed E-state index contributed by atoms with van der Waals surface area (Å²) in [6, 6.07) is 9.92. The quantitative estimate of drug-likeness (QED) is 0.926. The minimum Gasteiger partial charge on any atom is -0.388 e. The van der Waals surface area contributed by atoms with Crippen LogP contribution in [0.2, 0.25) is 5.02 Å². The van der Waals surface area contributed by atoms with Crippen LogP contribution in [0.3, 0.4) is 0 Å². The van der Waals surface area contributed by atoms with Gasteiger partial charge in [0.25, 0.3) is 0 Å². The van der Waals surface area contributed by atoms with Crippen molar-refractivity contribution in [3.8, 4) is 0 Å². The summed E-state index contributed by atoms with van der Waals surface area (Å²) in [6.07, 6.45) is 7.04. The molecule has 0 bridgehead atoms. The number of nitrogens with zero attached hydrogens (tertiary/aromatic N) is 2. The van der Waals surface area contributed by atoms with E-state index in [2.05, 4.69) is 9.78 Å². The Morgan fingerprint density at radius 3 is 2.85 bits per heavy atom. The second kappa shape index (κ2) is 5.98. The van der Waals surface area contributed by atoms with Crippen molar-refractivity contribution in [2.24, 2.45) is 0 Å². The smallest absolute Gasteiger partial charge is 0.0846 e. The van der Waals surface area contributed by atoms with Crippen LogP contribution in [0.4, 0.5) is 0 Å². The average Bonchev–Trinajstić information content (AvgIpc) is 3.08. The third-order valence-electron chi connectivity index (χ3n) is 4.00. The molecule has 0 aliphatic heterocycles. The molecule has 1 aliphatic rings. The Morgan fingerprint density at radius 2 is 2.10 bits per heavy atom. The summed E-state index contributed by atoms with van der Waals surface area (Å²) in [6.45, 7) is 0. The lowest BCUT2D eigenvalue weighted by atomic mass is 10.1. The van der Waals surface area contributed by atoms with Crippen LogP contribution in [0, 0.1) is 0 Å². The van der Waals surface area contributed by atoms with Crippen molar-refractivity contribution in [3.63, 3.8) is 0 Å².